The third-order valence-electron chi connectivity index (χ3n) is 5.92. The van der Waals surface area contributed by atoms with Gasteiger partial charge in [-0.05, 0) is 61.4 Å². The molecule has 1 amide bonds. The lowest BCUT2D eigenvalue weighted by Gasteiger charge is -2.23. The summed E-state index contributed by atoms with van der Waals surface area (Å²) in [4.78, 5) is 17.7. The number of H-pyrrole nitrogens is 1. The SMILES string of the molecule is C[C@H]1O[C@@H](c2cn(-c3ccc(Br)cc3)nc2-c2cc[nH]c2)N(CCc2ccc(N)cc2F)C1=O. The number of aromatic amines is 1. The molecular formula is C25H23BrFN5O2. The average molecular weight is 524 g/mol. The number of ether oxygens (including phenoxy) is 1. The Hall–Kier alpha value is -3.43. The maximum absolute atomic E-state index is 14.4. The predicted octanol–water partition coefficient (Wildman–Crippen LogP) is 4.84. The largest absolute Gasteiger partial charge is 0.399 e. The molecule has 1 aliphatic heterocycles. The van der Waals surface area contributed by atoms with E-state index >= 15 is 0 Å². The van der Waals surface area contributed by atoms with E-state index in [1.807, 2.05) is 48.9 Å². The van der Waals surface area contributed by atoms with Crippen LogP contribution in [-0.4, -0.2) is 38.2 Å². The number of carbonyl (C=O) groups excluding carboxylic acids is 1. The summed E-state index contributed by atoms with van der Waals surface area (Å²) in [7, 11) is 0. The molecule has 2 aromatic heterocycles. The van der Waals surface area contributed by atoms with Gasteiger partial charge in [0.1, 0.15) is 17.6 Å². The Bertz CT molecular complexity index is 1320. The van der Waals surface area contributed by atoms with Crippen molar-refractivity contribution in [2.45, 2.75) is 25.7 Å². The number of nitrogens with two attached hydrogens (primary N) is 1. The fourth-order valence-electron chi connectivity index (χ4n) is 4.14. The van der Waals surface area contributed by atoms with Crippen LogP contribution in [0.4, 0.5) is 10.1 Å². The topological polar surface area (TPSA) is 89.2 Å². The van der Waals surface area contributed by atoms with E-state index in [0.717, 1.165) is 21.3 Å². The number of nitrogen functional groups attached to an aromatic ring is 1. The molecule has 174 valence electrons. The first kappa shape index (κ1) is 22.4. The van der Waals surface area contributed by atoms with E-state index in [9.17, 15) is 9.18 Å². The number of aromatic nitrogens is 3. The summed E-state index contributed by atoms with van der Waals surface area (Å²) in [5.41, 5.74) is 9.75. The van der Waals surface area contributed by atoms with E-state index in [1.54, 1.807) is 28.6 Å². The number of halogens is 2. The Kier molecular flexibility index (Phi) is 5.97. The van der Waals surface area contributed by atoms with Crippen molar-refractivity contribution in [2.75, 3.05) is 12.3 Å². The van der Waals surface area contributed by atoms with Crippen LogP contribution in [0.15, 0.2) is 71.6 Å². The second-order valence-corrected chi connectivity index (χ2v) is 9.13. The zero-order valence-electron chi connectivity index (χ0n) is 18.4. The standard InChI is InChI=1S/C25H23BrFN5O2/c1-15-24(33)31(11-9-16-2-5-19(28)12-22(16)27)25(34-15)21-14-32(20-6-3-18(26)4-7-20)30-23(21)17-8-10-29-13-17/h2-8,10,12-15,25,29H,9,11,28H2,1H3/t15-,25+/m1/s1. The van der Waals surface area contributed by atoms with Gasteiger partial charge in [-0.25, -0.2) is 9.07 Å². The molecular weight excluding hydrogens is 501 g/mol. The molecule has 7 nitrogen and oxygen atoms in total. The number of hydrogen-bond donors (Lipinski definition) is 2. The maximum Gasteiger partial charge on any atom is 0.253 e. The van der Waals surface area contributed by atoms with E-state index in [0.29, 0.717) is 29.9 Å². The predicted molar refractivity (Wildman–Crippen MR) is 131 cm³/mol. The molecule has 5 rings (SSSR count). The number of benzene rings is 2. The smallest absolute Gasteiger partial charge is 0.253 e. The fourth-order valence-corrected chi connectivity index (χ4v) is 4.40. The van der Waals surface area contributed by atoms with Crippen LogP contribution in [0.5, 0.6) is 0 Å². The quantitative estimate of drug-likeness (QED) is 0.354. The molecule has 2 atom stereocenters. The number of nitrogens with one attached hydrogen (secondary N) is 1. The Morgan fingerprint density at radius 3 is 2.71 bits per heavy atom. The lowest BCUT2D eigenvalue weighted by atomic mass is 10.1. The first-order valence-corrected chi connectivity index (χ1v) is 11.7. The molecule has 1 aliphatic rings. The normalized spacial score (nSPS) is 18.1. The summed E-state index contributed by atoms with van der Waals surface area (Å²) < 4.78 is 23.2. The Morgan fingerprint density at radius 1 is 1.21 bits per heavy atom. The molecule has 1 saturated heterocycles. The summed E-state index contributed by atoms with van der Waals surface area (Å²) in [6.07, 6.45) is 4.64. The van der Waals surface area contributed by atoms with Gasteiger partial charge in [-0.15, -0.1) is 0 Å². The number of rotatable bonds is 6. The van der Waals surface area contributed by atoms with E-state index in [1.165, 1.54) is 6.07 Å². The molecule has 4 aromatic rings. The lowest BCUT2D eigenvalue weighted by Crippen LogP contribution is -2.32. The molecule has 0 spiro atoms. The second-order valence-electron chi connectivity index (χ2n) is 8.22. The highest BCUT2D eigenvalue weighted by molar-refractivity contribution is 9.10. The number of anilines is 1. The minimum Gasteiger partial charge on any atom is -0.399 e. The zero-order chi connectivity index (χ0) is 23.8. The summed E-state index contributed by atoms with van der Waals surface area (Å²) >= 11 is 3.46. The molecule has 0 radical (unpaired) electrons. The average Bonchev–Trinajstić information content (AvgIpc) is 3.54. The molecule has 2 aromatic carbocycles. The lowest BCUT2D eigenvalue weighted by molar-refractivity contribution is -0.130. The van der Waals surface area contributed by atoms with Crippen molar-refractivity contribution in [2.24, 2.45) is 0 Å². The molecule has 0 unspecified atom stereocenters. The van der Waals surface area contributed by atoms with Crippen molar-refractivity contribution in [3.63, 3.8) is 0 Å². The maximum atomic E-state index is 14.4. The molecule has 0 bridgehead atoms. The van der Waals surface area contributed by atoms with Gasteiger partial charge in [0.05, 0.1) is 5.69 Å². The zero-order valence-corrected chi connectivity index (χ0v) is 20.0. The molecule has 1 fully saturated rings. The van der Waals surface area contributed by atoms with Crippen molar-refractivity contribution in [1.29, 1.82) is 0 Å². The van der Waals surface area contributed by atoms with Crippen molar-refractivity contribution < 1.29 is 13.9 Å². The number of hydrogen-bond acceptors (Lipinski definition) is 4. The number of nitrogens with zero attached hydrogens (tertiary/aromatic N) is 3. The van der Waals surface area contributed by atoms with Crippen LogP contribution in [0.1, 0.15) is 24.3 Å². The van der Waals surface area contributed by atoms with Crippen LogP contribution in [-0.2, 0) is 16.0 Å². The Balaban J connectivity index is 1.51. The molecule has 34 heavy (non-hydrogen) atoms. The van der Waals surface area contributed by atoms with Crippen molar-refractivity contribution in [3.8, 4) is 16.9 Å². The number of amides is 1. The molecule has 9 heteroatoms. The van der Waals surface area contributed by atoms with Gasteiger partial charge in [0.2, 0.25) is 0 Å². The van der Waals surface area contributed by atoms with E-state index in [4.69, 9.17) is 15.6 Å². The van der Waals surface area contributed by atoms with Crippen LogP contribution in [0.25, 0.3) is 16.9 Å². The van der Waals surface area contributed by atoms with Gasteiger partial charge in [0, 0.05) is 46.4 Å². The first-order chi connectivity index (χ1) is 16.4. The molecule has 3 N–H and O–H groups in total. The summed E-state index contributed by atoms with van der Waals surface area (Å²) in [5.74, 6) is -0.523. The summed E-state index contributed by atoms with van der Waals surface area (Å²) in [5, 5.41) is 4.81. The van der Waals surface area contributed by atoms with E-state index < -0.39 is 12.3 Å². The minimum absolute atomic E-state index is 0.141. The highest BCUT2D eigenvalue weighted by Crippen LogP contribution is 2.37. The minimum atomic E-state index is -0.645. The third-order valence-corrected chi connectivity index (χ3v) is 6.45. The highest BCUT2D eigenvalue weighted by Gasteiger charge is 2.40. The van der Waals surface area contributed by atoms with E-state index in [2.05, 4.69) is 20.9 Å². The third kappa shape index (κ3) is 4.24. The van der Waals surface area contributed by atoms with Gasteiger partial charge < -0.3 is 20.4 Å². The summed E-state index contributed by atoms with van der Waals surface area (Å²) in [6.45, 7) is 2.03. The molecule has 0 aliphatic carbocycles. The van der Waals surface area contributed by atoms with Crippen LogP contribution in [0.3, 0.4) is 0 Å². The van der Waals surface area contributed by atoms with Crippen molar-refractivity contribution in [3.05, 3.63) is 88.5 Å². The van der Waals surface area contributed by atoms with Crippen LogP contribution in [0.2, 0.25) is 0 Å². The molecule has 3 heterocycles. The van der Waals surface area contributed by atoms with Crippen LogP contribution >= 0.6 is 15.9 Å². The fraction of sp³-hybridized carbons (Fsp3) is 0.200. The Labute approximate surface area is 204 Å². The van der Waals surface area contributed by atoms with Crippen molar-refractivity contribution in [1.82, 2.24) is 19.7 Å². The van der Waals surface area contributed by atoms with Gasteiger partial charge in [-0.3, -0.25) is 4.79 Å². The van der Waals surface area contributed by atoms with Gasteiger partial charge in [0.15, 0.2) is 6.23 Å². The van der Waals surface area contributed by atoms with Crippen LogP contribution in [0, 0.1) is 5.82 Å². The van der Waals surface area contributed by atoms with Gasteiger partial charge in [0.25, 0.3) is 5.91 Å². The van der Waals surface area contributed by atoms with Gasteiger partial charge in [-0.2, -0.15) is 5.10 Å². The second kappa shape index (κ2) is 9.08. The Morgan fingerprint density at radius 2 is 2.00 bits per heavy atom. The van der Waals surface area contributed by atoms with Gasteiger partial charge in [-0.1, -0.05) is 22.0 Å². The monoisotopic (exact) mass is 523 g/mol. The first-order valence-electron chi connectivity index (χ1n) is 10.9. The van der Waals surface area contributed by atoms with Crippen molar-refractivity contribution >= 4 is 27.5 Å². The highest BCUT2D eigenvalue weighted by atomic mass is 79.9. The van der Waals surface area contributed by atoms with E-state index in [-0.39, 0.29) is 11.7 Å². The molecule has 0 saturated carbocycles. The summed E-state index contributed by atoms with van der Waals surface area (Å²) in [6, 6.07) is 14.3. The van der Waals surface area contributed by atoms with Crippen LogP contribution < -0.4 is 5.73 Å². The van der Waals surface area contributed by atoms with Gasteiger partial charge >= 0.3 is 0 Å². The number of carbonyl (C=O) groups is 1.